The van der Waals surface area contributed by atoms with Crippen molar-refractivity contribution in [3.63, 3.8) is 0 Å². The number of carbonyl (C=O) groups excluding carboxylic acids is 3. The molecule has 27 heavy (non-hydrogen) atoms. The fourth-order valence-electron chi connectivity index (χ4n) is 3.93. The first kappa shape index (κ1) is 19.5. The molecule has 1 aromatic rings. The standard InChI is InChI=1S/C21H29N3O3/c1-15(25)3-2-12-24-13-10-17(11-14-24)16-4-6-18(7-5-16)22-19-8-9-20(26)23-21(19)27/h4-7,17,19,22H,2-3,8-14H2,1H3,(H,23,26,27). The summed E-state index contributed by atoms with van der Waals surface area (Å²) >= 11 is 0. The number of benzene rings is 1. The Kier molecular flexibility index (Phi) is 6.61. The lowest BCUT2D eigenvalue weighted by molar-refractivity contribution is -0.133. The summed E-state index contributed by atoms with van der Waals surface area (Å²) in [4.78, 5) is 36.6. The molecule has 146 valence electrons. The molecule has 0 spiro atoms. The van der Waals surface area contributed by atoms with E-state index < -0.39 is 0 Å². The molecule has 2 heterocycles. The van der Waals surface area contributed by atoms with Gasteiger partial charge in [-0.2, -0.15) is 0 Å². The van der Waals surface area contributed by atoms with Crippen molar-refractivity contribution in [3.8, 4) is 0 Å². The van der Waals surface area contributed by atoms with Gasteiger partial charge in [-0.05, 0) is 75.9 Å². The van der Waals surface area contributed by atoms with Crippen molar-refractivity contribution < 1.29 is 14.4 Å². The number of rotatable bonds is 7. The second-order valence-corrected chi connectivity index (χ2v) is 7.69. The minimum Gasteiger partial charge on any atom is -0.374 e. The third-order valence-electron chi connectivity index (χ3n) is 5.55. The predicted molar refractivity (Wildman–Crippen MR) is 105 cm³/mol. The van der Waals surface area contributed by atoms with Gasteiger partial charge in [-0.15, -0.1) is 0 Å². The van der Waals surface area contributed by atoms with Gasteiger partial charge in [0.15, 0.2) is 0 Å². The van der Waals surface area contributed by atoms with Crippen LogP contribution in [-0.4, -0.2) is 48.2 Å². The summed E-state index contributed by atoms with van der Waals surface area (Å²) in [5, 5.41) is 5.59. The number of imide groups is 1. The first-order chi connectivity index (χ1) is 13.0. The van der Waals surface area contributed by atoms with E-state index in [-0.39, 0.29) is 23.6 Å². The van der Waals surface area contributed by atoms with Crippen molar-refractivity contribution in [1.82, 2.24) is 10.2 Å². The highest BCUT2D eigenvalue weighted by Gasteiger charge is 2.26. The van der Waals surface area contributed by atoms with Crippen LogP contribution in [0.3, 0.4) is 0 Å². The number of piperidine rings is 2. The Morgan fingerprint density at radius 3 is 2.48 bits per heavy atom. The average Bonchev–Trinajstić information content (AvgIpc) is 2.65. The zero-order chi connectivity index (χ0) is 19.2. The Morgan fingerprint density at radius 2 is 1.85 bits per heavy atom. The SMILES string of the molecule is CC(=O)CCCN1CCC(c2ccc(NC3CCC(=O)NC3=O)cc2)CC1. The molecule has 6 heteroatoms. The molecule has 2 saturated heterocycles. The molecular formula is C21H29N3O3. The maximum Gasteiger partial charge on any atom is 0.249 e. The van der Waals surface area contributed by atoms with E-state index in [0.29, 0.717) is 25.2 Å². The highest BCUT2D eigenvalue weighted by atomic mass is 16.2. The van der Waals surface area contributed by atoms with Gasteiger partial charge >= 0.3 is 0 Å². The molecule has 0 bridgehead atoms. The Hall–Kier alpha value is -2.21. The van der Waals surface area contributed by atoms with Crippen LogP contribution in [0.1, 0.15) is 56.9 Å². The minimum atomic E-state index is -0.341. The van der Waals surface area contributed by atoms with E-state index in [1.165, 1.54) is 5.56 Å². The zero-order valence-electron chi connectivity index (χ0n) is 16.0. The lowest BCUT2D eigenvalue weighted by Gasteiger charge is -2.32. The molecule has 0 aliphatic carbocycles. The molecule has 0 radical (unpaired) electrons. The van der Waals surface area contributed by atoms with Gasteiger partial charge in [0.2, 0.25) is 11.8 Å². The smallest absolute Gasteiger partial charge is 0.249 e. The van der Waals surface area contributed by atoms with Gasteiger partial charge in [-0.25, -0.2) is 0 Å². The number of nitrogens with one attached hydrogen (secondary N) is 2. The molecule has 0 aromatic heterocycles. The number of nitrogens with zero attached hydrogens (tertiary/aromatic N) is 1. The summed E-state index contributed by atoms with van der Waals surface area (Å²) in [6, 6.07) is 8.00. The molecule has 2 N–H and O–H groups in total. The molecular weight excluding hydrogens is 342 g/mol. The summed E-state index contributed by atoms with van der Waals surface area (Å²) in [6.45, 7) is 4.84. The van der Waals surface area contributed by atoms with E-state index in [0.717, 1.165) is 44.6 Å². The highest BCUT2D eigenvalue weighted by molar-refractivity contribution is 6.01. The van der Waals surface area contributed by atoms with Crippen LogP contribution >= 0.6 is 0 Å². The summed E-state index contributed by atoms with van der Waals surface area (Å²) in [7, 11) is 0. The van der Waals surface area contributed by atoms with Crippen molar-refractivity contribution in [1.29, 1.82) is 0 Å². The number of likely N-dealkylation sites (tertiary alicyclic amines) is 1. The zero-order valence-corrected chi connectivity index (χ0v) is 16.0. The van der Waals surface area contributed by atoms with E-state index in [1.807, 2.05) is 12.1 Å². The normalized spacial score (nSPS) is 21.7. The van der Waals surface area contributed by atoms with Gasteiger partial charge in [0, 0.05) is 18.5 Å². The molecule has 2 amide bonds. The molecule has 3 rings (SSSR count). The van der Waals surface area contributed by atoms with Crippen molar-refractivity contribution in [2.75, 3.05) is 25.0 Å². The van der Waals surface area contributed by atoms with Crippen molar-refractivity contribution in [3.05, 3.63) is 29.8 Å². The summed E-state index contributed by atoms with van der Waals surface area (Å²) in [6.07, 6.45) is 4.84. The lowest BCUT2D eigenvalue weighted by atomic mass is 9.89. The number of Topliss-reactive ketones (excluding diaryl/α,β-unsaturated/α-hetero) is 1. The van der Waals surface area contributed by atoms with Crippen LogP contribution in [0.5, 0.6) is 0 Å². The average molecular weight is 371 g/mol. The number of anilines is 1. The third kappa shape index (κ3) is 5.63. The molecule has 6 nitrogen and oxygen atoms in total. The van der Waals surface area contributed by atoms with Crippen LogP contribution < -0.4 is 10.6 Å². The Morgan fingerprint density at radius 1 is 1.15 bits per heavy atom. The van der Waals surface area contributed by atoms with E-state index in [2.05, 4.69) is 27.7 Å². The first-order valence-electron chi connectivity index (χ1n) is 9.93. The van der Waals surface area contributed by atoms with Crippen molar-refractivity contribution >= 4 is 23.3 Å². The Balaban J connectivity index is 1.46. The Labute approximate surface area is 160 Å². The maximum absolute atomic E-state index is 11.8. The maximum atomic E-state index is 11.8. The second-order valence-electron chi connectivity index (χ2n) is 7.69. The van der Waals surface area contributed by atoms with E-state index in [1.54, 1.807) is 6.92 Å². The van der Waals surface area contributed by atoms with Crippen molar-refractivity contribution in [2.45, 2.75) is 57.4 Å². The number of amides is 2. The Bertz CT molecular complexity index is 678. The molecule has 2 aliphatic heterocycles. The van der Waals surface area contributed by atoms with Crippen LogP contribution in [-0.2, 0) is 14.4 Å². The molecule has 0 saturated carbocycles. The summed E-state index contributed by atoms with van der Waals surface area (Å²) < 4.78 is 0. The highest BCUT2D eigenvalue weighted by Crippen LogP contribution is 2.29. The molecule has 1 aromatic carbocycles. The van der Waals surface area contributed by atoms with Crippen LogP contribution in [0.25, 0.3) is 0 Å². The van der Waals surface area contributed by atoms with Crippen molar-refractivity contribution in [2.24, 2.45) is 0 Å². The second kappa shape index (κ2) is 9.13. The van der Waals surface area contributed by atoms with E-state index in [9.17, 15) is 14.4 Å². The number of ketones is 1. The van der Waals surface area contributed by atoms with Gasteiger partial charge < -0.3 is 15.0 Å². The fraction of sp³-hybridized carbons (Fsp3) is 0.571. The van der Waals surface area contributed by atoms with E-state index in [4.69, 9.17) is 0 Å². The first-order valence-corrected chi connectivity index (χ1v) is 9.93. The van der Waals surface area contributed by atoms with Crippen LogP contribution in [0.2, 0.25) is 0 Å². The summed E-state index contributed by atoms with van der Waals surface area (Å²) in [5.41, 5.74) is 2.25. The number of hydrogen-bond donors (Lipinski definition) is 2. The van der Waals surface area contributed by atoms with Crippen LogP contribution in [0, 0.1) is 0 Å². The molecule has 2 aliphatic rings. The van der Waals surface area contributed by atoms with Crippen LogP contribution in [0.4, 0.5) is 5.69 Å². The fourth-order valence-corrected chi connectivity index (χ4v) is 3.93. The molecule has 2 fully saturated rings. The monoisotopic (exact) mass is 371 g/mol. The number of carbonyl (C=O) groups is 3. The topological polar surface area (TPSA) is 78.5 Å². The predicted octanol–water partition coefficient (Wildman–Crippen LogP) is 2.45. The minimum absolute atomic E-state index is 0.193. The molecule has 1 unspecified atom stereocenters. The third-order valence-corrected chi connectivity index (χ3v) is 5.55. The summed E-state index contributed by atoms with van der Waals surface area (Å²) in [5.74, 6) is 0.406. The van der Waals surface area contributed by atoms with E-state index >= 15 is 0 Å². The van der Waals surface area contributed by atoms with Gasteiger partial charge in [-0.3, -0.25) is 14.9 Å². The number of hydrogen-bond acceptors (Lipinski definition) is 5. The largest absolute Gasteiger partial charge is 0.374 e. The van der Waals surface area contributed by atoms with Gasteiger partial charge in [-0.1, -0.05) is 12.1 Å². The van der Waals surface area contributed by atoms with Crippen LogP contribution in [0.15, 0.2) is 24.3 Å². The quantitative estimate of drug-likeness (QED) is 0.720. The van der Waals surface area contributed by atoms with Gasteiger partial charge in [0.1, 0.15) is 11.8 Å². The van der Waals surface area contributed by atoms with Gasteiger partial charge in [0.05, 0.1) is 0 Å². The molecule has 1 atom stereocenters. The lowest BCUT2D eigenvalue weighted by Crippen LogP contribution is -2.47. The van der Waals surface area contributed by atoms with Gasteiger partial charge in [0.25, 0.3) is 0 Å².